The van der Waals surface area contributed by atoms with Crippen LogP contribution in [0.4, 0.5) is 0 Å². The van der Waals surface area contributed by atoms with E-state index in [0.717, 1.165) is 6.42 Å². The summed E-state index contributed by atoms with van der Waals surface area (Å²) in [5.41, 5.74) is 0. The van der Waals surface area contributed by atoms with E-state index in [9.17, 15) is 0 Å². The first-order valence-electron chi connectivity index (χ1n) is 9.02. The molecule has 0 atom stereocenters. The van der Waals surface area contributed by atoms with Crippen molar-refractivity contribution in [3.8, 4) is 0 Å². The number of aliphatic hydroxyl groups is 1. The van der Waals surface area contributed by atoms with Crippen LogP contribution in [0.3, 0.4) is 0 Å². The standard InChI is InChI=1S/C18H38O.Na.H/c1-2-3-4-5-6-7-8-9-10-11-12-13-14-15-16-17-18-19;;/h19H,2-18H2,1H3;;. The van der Waals surface area contributed by atoms with E-state index < -0.39 is 0 Å². The van der Waals surface area contributed by atoms with Crippen molar-refractivity contribution >= 4 is 29.6 Å². The fourth-order valence-corrected chi connectivity index (χ4v) is 2.66. The van der Waals surface area contributed by atoms with Gasteiger partial charge in [-0.1, -0.05) is 103 Å². The molecular formula is C18H39NaO. The summed E-state index contributed by atoms with van der Waals surface area (Å²) >= 11 is 0. The maximum absolute atomic E-state index is 8.67. The van der Waals surface area contributed by atoms with Crippen molar-refractivity contribution in [1.29, 1.82) is 0 Å². The summed E-state index contributed by atoms with van der Waals surface area (Å²) in [7, 11) is 0. The Labute approximate surface area is 150 Å². The SMILES string of the molecule is CCCCCCCCCCCCCCCCCCO.[NaH]. The first-order chi connectivity index (χ1) is 9.41. The molecule has 0 saturated heterocycles. The Hall–Kier alpha value is 0.960. The molecular weight excluding hydrogens is 255 g/mol. The first kappa shape index (κ1) is 23.2. The van der Waals surface area contributed by atoms with Crippen LogP contribution in [0.2, 0.25) is 0 Å². The molecule has 118 valence electrons. The molecule has 2 heteroatoms. The Balaban J connectivity index is 0. The van der Waals surface area contributed by atoms with Crippen LogP contribution < -0.4 is 0 Å². The molecule has 0 aliphatic heterocycles. The van der Waals surface area contributed by atoms with E-state index >= 15 is 0 Å². The zero-order valence-corrected chi connectivity index (χ0v) is 13.5. The molecule has 0 heterocycles. The van der Waals surface area contributed by atoms with Gasteiger partial charge in [-0.05, 0) is 6.42 Å². The third kappa shape index (κ3) is 21.3. The van der Waals surface area contributed by atoms with Crippen LogP contribution in [-0.2, 0) is 0 Å². The third-order valence-electron chi connectivity index (χ3n) is 4.01. The second-order valence-electron chi connectivity index (χ2n) is 6.03. The van der Waals surface area contributed by atoms with Crippen LogP contribution in [0.1, 0.15) is 110 Å². The van der Waals surface area contributed by atoms with Gasteiger partial charge in [-0.15, -0.1) is 0 Å². The van der Waals surface area contributed by atoms with Crippen molar-refractivity contribution < 1.29 is 5.11 Å². The summed E-state index contributed by atoms with van der Waals surface area (Å²) < 4.78 is 0. The van der Waals surface area contributed by atoms with Crippen molar-refractivity contribution in [3.63, 3.8) is 0 Å². The Kier molecular flexibility index (Phi) is 25.8. The van der Waals surface area contributed by atoms with Crippen molar-refractivity contribution in [3.05, 3.63) is 0 Å². The van der Waals surface area contributed by atoms with E-state index in [-0.39, 0.29) is 29.6 Å². The molecule has 0 amide bonds. The molecule has 0 aliphatic rings. The molecule has 0 unspecified atom stereocenters. The van der Waals surface area contributed by atoms with Gasteiger partial charge in [0.05, 0.1) is 0 Å². The summed E-state index contributed by atoms with van der Waals surface area (Å²) in [5, 5.41) is 8.67. The summed E-state index contributed by atoms with van der Waals surface area (Å²) in [5.74, 6) is 0. The summed E-state index contributed by atoms with van der Waals surface area (Å²) in [6.07, 6.45) is 22.2. The van der Waals surface area contributed by atoms with Gasteiger partial charge in [-0.2, -0.15) is 0 Å². The van der Waals surface area contributed by atoms with Crippen LogP contribution in [0, 0.1) is 0 Å². The van der Waals surface area contributed by atoms with E-state index in [0.29, 0.717) is 6.61 Å². The van der Waals surface area contributed by atoms with Crippen LogP contribution >= 0.6 is 0 Å². The average molecular weight is 294 g/mol. The van der Waals surface area contributed by atoms with Crippen LogP contribution in [-0.4, -0.2) is 41.3 Å². The number of rotatable bonds is 16. The summed E-state index contributed by atoms with van der Waals surface area (Å²) in [6, 6.07) is 0. The minimum absolute atomic E-state index is 0. The monoisotopic (exact) mass is 294 g/mol. The van der Waals surface area contributed by atoms with E-state index in [2.05, 4.69) is 6.92 Å². The van der Waals surface area contributed by atoms with Gasteiger partial charge in [-0.25, -0.2) is 0 Å². The van der Waals surface area contributed by atoms with Crippen LogP contribution in [0.5, 0.6) is 0 Å². The van der Waals surface area contributed by atoms with Gasteiger partial charge < -0.3 is 5.11 Å². The van der Waals surface area contributed by atoms with Gasteiger partial charge in [0.1, 0.15) is 0 Å². The Morgan fingerprint density at radius 3 is 0.950 bits per heavy atom. The van der Waals surface area contributed by atoms with E-state index in [1.807, 2.05) is 0 Å². The third-order valence-corrected chi connectivity index (χ3v) is 4.01. The quantitative estimate of drug-likeness (QED) is 0.290. The molecule has 0 bridgehead atoms. The predicted octanol–water partition coefficient (Wildman–Crippen LogP) is 5.59. The van der Waals surface area contributed by atoms with Crippen molar-refractivity contribution in [2.24, 2.45) is 0 Å². The Bertz CT molecular complexity index is 134. The van der Waals surface area contributed by atoms with Gasteiger partial charge >= 0.3 is 29.6 Å². The molecule has 0 radical (unpaired) electrons. The molecule has 0 aromatic carbocycles. The normalized spacial score (nSPS) is 10.5. The number of hydrogen-bond donors (Lipinski definition) is 1. The maximum atomic E-state index is 8.67. The molecule has 0 aromatic heterocycles. The second-order valence-corrected chi connectivity index (χ2v) is 6.03. The van der Waals surface area contributed by atoms with Crippen molar-refractivity contribution in [2.45, 2.75) is 110 Å². The van der Waals surface area contributed by atoms with Crippen molar-refractivity contribution in [1.82, 2.24) is 0 Å². The summed E-state index contributed by atoms with van der Waals surface area (Å²) in [6.45, 7) is 2.66. The Morgan fingerprint density at radius 2 is 0.700 bits per heavy atom. The zero-order chi connectivity index (χ0) is 14.0. The van der Waals surface area contributed by atoms with Gasteiger partial charge in [0.25, 0.3) is 0 Å². The van der Waals surface area contributed by atoms with E-state index in [1.165, 1.54) is 96.3 Å². The molecule has 1 N–H and O–H groups in total. The van der Waals surface area contributed by atoms with Gasteiger partial charge in [0, 0.05) is 6.61 Å². The average Bonchev–Trinajstić information content (AvgIpc) is 2.43. The van der Waals surface area contributed by atoms with Gasteiger partial charge in [0.15, 0.2) is 0 Å². The number of hydrogen-bond acceptors (Lipinski definition) is 1. The molecule has 0 spiro atoms. The second kappa shape index (κ2) is 22.2. The minimum atomic E-state index is 0. The molecule has 0 aliphatic carbocycles. The topological polar surface area (TPSA) is 20.2 Å². The molecule has 0 saturated carbocycles. The molecule has 1 nitrogen and oxygen atoms in total. The fourth-order valence-electron chi connectivity index (χ4n) is 2.66. The predicted molar refractivity (Wildman–Crippen MR) is 93.8 cm³/mol. The van der Waals surface area contributed by atoms with Crippen LogP contribution in [0.15, 0.2) is 0 Å². The number of aliphatic hydroxyl groups excluding tert-OH is 1. The number of unbranched alkanes of at least 4 members (excludes halogenated alkanes) is 15. The van der Waals surface area contributed by atoms with E-state index in [4.69, 9.17) is 5.11 Å². The molecule has 20 heavy (non-hydrogen) atoms. The molecule has 0 fully saturated rings. The summed E-state index contributed by atoms with van der Waals surface area (Å²) in [4.78, 5) is 0. The zero-order valence-electron chi connectivity index (χ0n) is 13.5. The van der Waals surface area contributed by atoms with Crippen molar-refractivity contribution in [2.75, 3.05) is 6.61 Å². The molecule has 0 aromatic rings. The van der Waals surface area contributed by atoms with Gasteiger partial charge in [0.2, 0.25) is 0 Å². The van der Waals surface area contributed by atoms with Crippen LogP contribution in [0.25, 0.3) is 0 Å². The fraction of sp³-hybridized carbons (Fsp3) is 1.00. The van der Waals surface area contributed by atoms with E-state index in [1.54, 1.807) is 0 Å². The molecule has 0 rings (SSSR count). The van der Waals surface area contributed by atoms with Gasteiger partial charge in [-0.3, -0.25) is 0 Å². The Morgan fingerprint density at radius 1 is 0.450 bits per heavy atom. The first-order valence-corrected chi connectivity index (χ1v) is 9.02.